The summed E-state index contributed by atoms with van der Waals surface area (Å²) >= 11 is 1.84. The van der Waals surface area contributed by atoms with E-state index in [1.54, 1.807) is 14.2 Å². The molecule has 0 fully saturated rings. The molecule has 3 nitrogen and oxygen atoms in total. The Morgan fingerprint density at radius 1 is 1.05 bits per heavy atom. The minimum Gasteiger partial charge on any atom is -0.497 e. The van der Waals surface area contributed by atoms with E-state index in [4.69, 9.17) is 9.47 Å². The number of methoxy groups -OCH3 is 2. The molecule has 0 spiro atoms. The summed E-state index contributed by atoms with van der Waals surface area (Å²) in [5.74, 6) is 1.64. The number of rotatable bonds is 6. The molecule has 114 valence electrons. The Labute approximate surface area is 130 Å². The lowest BCUT2D eigenvalue weighted by molar-refractivity contribution is 0.392. The SMILES string of the molecule is CCNC(c1cc(OC)cc(OC)c1)c1sc(C)cc1C. The van der Waals surface area contributed by atoms with Crippen molar-refractivity contribution in [2.24, 2.45) is 0 Å². The first-order valence-electron chi connectivity index (χ1n) is 7.12. The molecule has 2 aromatic rings. The van der Waals surface area contributed by atoms with Gasteiger partial charge in [-0.05, 0) is 49.7 Å². The van der Waals surface area contributed by atoms with Crippen LogP contribution in [0.15, 0.2) is 24.3 Å². The lowest BCUT2D eigenvalue weighted by atomic mass is 10.0. The normalized spacial score (nSPS) is 12.2. The summed E-state index contributed by atoms with van der Waals surface area (Å²) in [4.78, 5) is 2.69. The van der Waals surface area contributed by atoms with Gasteiger partial charge in [-0.25, -0.2) is 0 Å². The third-order valence-corrected chi connectivity index (χ3v) is 4.67. The molecule has 0 aliphatic carbocycles. The van der Waals surface area contributed by atoms with Crippen LogP contribution in [-0.4, -0.2) is 20.8 Å². The van der Waals surface area contributed by atoms with Crippen molar-refractivity contribution in [3.8, 4) is 11.5 Å². The lowest BCUT2D eigenvalue weighted by Gasteiger charge is -2.20. The van der Waals surface area contributed by atoms with Gasteiger partial charge in [-0.2, -0.15) is 0 Å². The van der Waals surface area contributed by atoms with Crippen LogP contribution < -0.4 is 14.8 Å². The lowest BCUT2D eigenvalue weighted by Crippen LogP contribution is -2.21. The Bertz CT molecular complexity index is 585. The molecule has 4 heteroatoms. The maximum atomic E-state index is 5.39. The van der Waals surface area contributed by atoms with Gasteiger partial charge in [0.1, 0.15) is 11.5 Å². The van der Waals surface area contributed by atoms with Gasteiger partial charge in [-0.15, -0.1) is 11.3 Å². The molecule has 0 bridgehead atoms. The quantitative estimate of drug-likeness (QED) is 0.872. The summed E-state index contributed by atoms with van der Waals surface area (Å²) in [6.45, 7) is 7.34. The van der Waals surface area contributed by atoms with Gasteiger partial charge in [-0.1, -0.05) is 6.92 Å². The summed E-state index contributed by atoms with van der Waals surface area (Å²) in [7, 11) is 3.36. The maximum Gasteiger partial charge on any atom is 0.122 e. The number of aryl methyl sites for hydroxylation is 2. The van der Waals surface area contributed by atoms with Gasteiger partial charge in [0.2, 0.25) is 0 Å². The summed E-state index contributed by atoms with van der Waals surface area (Å²) in [5.41, 5.74) is 2.49. The zero-order valence-electron chi connectivity index (χ0n) is 13.3. The Morgan fingerprint density at radius 2 is 1.67 bits per heavy atom. The van der Waals surface area contributed by atoms with Crippen molar-refractivity contribution < 1.29 is 9.47 Å². The van der Waals surface area contributed by atoms with E-state index in [1.165, 1.54) is 15.3 Å². The Balaban J connectivity index is 2.49. The van der Waals surface area contributed by atoms with Crippen molar-refractivity contribution in [1.82, 2.24) is 5.32 Å². The smallest absolute Gasteiger partial charge is 0.122 e. The van der Waals surface area contributed by atoms with E-state index < -0.39 is 0 Å². The average molecular weight is 305 g/mol. The molecule has 0 radical (unpaired) electrons. The molecule has 2 rings (SSSR count). The van der Waals surface area contributed by atoms with Crippen LogP contribution in [0.5, 0.6) is 11.5 Å². The van der Waals surface area contributed by atoms with Crippen LogP contribution in [0.3, 0.4) is 0 Å². The van der Waals surface area contributed by atoms with E-state index in [1.807, 2.05) is 17.4 Å². The summed E-state index contributed by atoms with van der Waals surface area (Å²) in [6, 6.07) is 8.45. The van der Waals surface area contributed by atoms with Crippen LogP contribution in [0.25, 0.3) is 0 Å². The number of hydrogen-bond donors (Lipinski definition) is 1. The van der Waals surface area contributed by atoms with Gasteiger partial charge in [0.05, 0.1) is 20.3 Å². The molecule has 1 atom stereocenters. The monoisotopic (exact) mass is 305 g/mol. The van der Waals surface area contributed by atoms with Crippen LogP contribution in [0.2, 0.25) is 0 Å². The zero-order valence-corrected chi connectivity index (χ0v) is 14.1. The number of benzene rings is 1. The van der Waals surface area contributed by atoms with E-state index in [9.17, 15) is 0 Å². The molecule has 21 heavy (non-hydrogen) atoms. The first-order chi connectivity index (χ1) is 10.1. The van der Waals surface area contributed by atoms with Crippen molar-refractivity contribution in [3.05, 3.63) is 45.1 Å². The molecule has 0 aliphatic rings. The van der Waals surface area contributed by atoms with Crippen molar-refractivity contribution >= 4 is 11.3 Å². The fraction of sp³-hybridized carbons (Fsp3) is 0.412. The van der Waals surface area contributed by atoms with E-state index in [0.29, 0.717) is 0 Å². The van der Waals surface area contributed by atoms with Crippen molar-refractivity contribution in [2.45, 2.75) is 26.8 Å². The van der Waals surface area contributed by atoms with Crippen LogP contribution in [-0.2, 0) is 0 Å². The largest absolute Gasteiger partial charge is 0.497 e. The van der Waals surface area contributed by atoms with Gasteiger partial charge in [0, 0.05) is 15.8 Å². The van der Waals surface area contributed by atoms with Gasteiger partial charge >= 0.3 is 0 Å². The molecule has 1 aromatic heterocycles. The van der Waals surface area contributed by atoms with E-state index >= 15 is 0 Å². The van der Waals surface area contributed by atoms with Gasteiger partial charge in [0.25, 0.3) is 0 Å². The van der Waals surface area contributed by atoms with Gasteiger partial charge in [0.15, 0.2) is 0 Å². The van der Waals surface area contributed by atoms with E-state index in [2.05, 4.69) is 44.3 Å². The van der Waals surface area contributed by atoms with Gasteiger partial charge in [-0.3, -0.25) is 0 Å². The summed E-state index contributed by atoms with van der Waals surface area (Å²) < 4.78 is 10.8. The minimum atomic E-state index is 0.165. The second-order valence-electron chi connectivity index (χ2n) is 5.04. The fourth-order valence-corrected chi connectivity index (χ4v) is 3.65. The number of ether oxygens (including phenoxy) is 2. The Hall–Kier alpha value is -1.52. The summed E-state index contributed by atoms with van der Waals surface area (Å²) in [5, 5.41) is 3.57. The molecular weight excluding hydrogens is 282 g/mol. The summed E-state index contributed by atoms with van der Waals surface area (Å²) in [6.07, 6.45) is 0. The highest BCUT2D eigenvalue weighted by atomic mass is 32.1. The first-order valence-corrected chi connectivity index (χ1v) is 7.94. The average Bonchev–Trinajstić information content (AvgIpc) is 2.82. The molecule has 0 saturated carbocycles. The van der Waals surface area contributed by atoms with Gasteiger partial charge < -0.3 is 14.8 Å². The number of thiophene rings is 1. The third-order valence-electron chi connectivity index (χ3n) is 3.46. The number of nitrogens with one attached hydrogen (secondary N) is 1. The first kappa shape index (κ1) is 15.9. The third kappa shape index (κ3) is 3.57. The van der Waals surface area contributed by atoms with Crippen LogP contribution >= 0.6 is 11.3 Å². The highest BCUT2D eigenvalue weighted by Gasteiger charge is 2.19. The molecule has 1 aromatic carbocycles. The topological polar surface area (TPSA) is 30.5 Å². The van der Waals surface area contributed by atoms with Crippen molar-refractivity contribution in [2.75, 3.05) is 20.8 Å². The fourth-order valence-electron chi connectivity index (χ4n) is 2.51. The zero-order chi connectivity index (χ0) is 15.4. The minimum absolute atomic E-state index is 0.165. The van der Waals surface area contributed by atoms with Crippen LogP contribution in [0, 0.1) is 13.8 Å². The van der Waals surface area contributed by atoms with Crippen molar-refractivity contribution in [1.29, 1.82) is 0 Å². The molecule has 0 amide bonds. The molecule has 1 unspecified atom stereocenters. The second kappa shape index (κ2) is 6.96. The predicted octanol–water partition coefficient (Wildman–Crippen LogP) is 4.08. The molecule has 0 saturated heterocycles. The highest BCUT2D eigenvalue weighted by molar-refractivity contribution is 7.12. The molecular formula is C17H23NO2S. The standard InChI is InChI=1S/C17H23NO2S/c1-6-18-16(17-11(2)7-12(3)21-17)13-8-14(19-4)10-15(9-13)20-5/h7-10,16,18H,6H2,1-5H3. The maximum absolute atomic E-state index is 5.39. The molecule has 1 N–H and O–H groups in total. The Kier molecular flexibility index (Phi) is 5.26. The number of hydrogen-bond acceptors (Lipinski definition) is 4. The Morgan fingerprint density at radius 3 is 2.10 bits per heavy atom. The van der Waals surface area contributed by atoms with E-state index in [0.717, 1.165) is 23.6 Å². The highest BCUT2D eigenvalue weighted by Crippen LogP contribution is 2.35. The molecule has 1 heterocycles. The predicted molar refractivity (Wildman–Crippen MR) is 88.9 cm³/mol. The second-order valence-corrected chi connectivity index (χ2v) is 6.33. The van der Waals surface area contributed by atoms with E-state index in [-0.39, 0.29) is 6.04 Å². The van der Waals surface area contributed by atoms with Crippen LogP contribution in [0.4, 0.5) is 0 Å². The van der Waals surface area contributed by atoms with Crippen molar-refractivity contribution in [3.63, 3.8) is 0 Å². The van der Waals surface area contributed by atoms with Crippen LogP contribution in [0.1, 0.15) is 33.8 Å². The molecule has 0 aliphatic heterocycles.